The molecule has 2 saturated heterocycles. The van der Waals surface area contributed by atoms with Gasteiger partial charge in [0, 0.05) is 11.6 Å². The van der Waals surface area contributed by atoms with Gasteiger partial charge in [-0.25, -0.2) is 4.79 Å². The quantitative estimate of drug-likeness (QED) is 0.0677. The number of fused-ring (bicyclic) bond motifs is 1. The number of esters is 1. The molecule has 0 bridgehead atoms. The number of para-hydroxylation sites is 1. The van der Waals surface area contributed by atoms with E-state index in [9.17, 15) is 50.4 Å². The van der Waals surface area contributed by atoms with E-state index in [4.69, 9.17) is 28.1 Å². The molecule has 16 heteroatoms. The molecule has 0 saturated carbocycles. The van der Waals surface area contributed by atoms with Gasteiger partial charge in [-0.2, -0.15) is 0 Å². The van der Waals surface area contributed by atoms with Gasteiger partial charge in [0.2, 0.25) is 17.5 Å². The smallest absolute Gasteiger partial charge is 0.330 e. The highest BCUT2D eigenvalue weighted by Crippen LogP contribution is 2.38. The zero-order valence-electron chi connectivity index (χ0n) is 27.3. The van der Waals surface area contributed by atoms with Crippen molar-refractivity contribution < 1.29 is 73.7 Å². The lowest BCUT2D eigenvalue weighted by Gasteiger charge is -2.45. The molecule has 276 valence electrons. The zero-order chi connectivity index (χ0) is 37.3. The minimum atomic E-state index is -1.94. The van der Waals surface area contributed by atoms with Gasteiger partial charge in [0.05, 0.1) is 11.5 Å². The van der Waals surface area contributed by atoms with Gasteiger partial charge in [0.15, 0.2) is 29.7 Å². The second-order valence-corrected chi connectivity index (χ2v) is 12.3. The Hall–Kier alpha value is -5.04. The predicted octanol–water partition coefficient (Wildman–Crippen LogP) is 0.872. The number of rotatable bonds is 9. The van der Waals surface area contributed by atoms with Crippen LogP contribution in [-0.4, -0.2) is 115 Å². The monoisotopic (exact) mass is 724 g/mol. The van der Waals surface area contributed by atoms with Gasteiger partial charge in [-0.1, -0.05) is 24.3 Å². The van der Waals surface area contributed by atoms with Gasteiger partial charge in [0.1, 0.15) is 54.6 Å². The number of aliphatic hydroxyl groups is 5. The summed E-state index contributed by atoms with van der Waals surface area (Å²) in [4.78, 5) is 26.2. The molecule has 6 rings (SSSR count). The van der Waals surface area contributed by atoms with Gasteiger partial charge in [-0.05, 0) is 61.0 Å². The van der Waals surface area contributed by atoms with Crippen LogP contribution in [0.2, 0.25) is 0 Å². The maximum Gasteiger partial charge on any atom is 0.330 e. The molecule has 2 aliphatic heterocycles. The van der Waals surface area contributed by atoms with Crippen molar-refractivity contribution in [2.75, 3.05) is 6.61 Å². The first kappa shape index (κ1) is 36.7. The molecule has 3 aromatic carbocycles. The van der Waals surface area contributed by atoms with Crippen LogP contribution in [0.1, 0.15) is 12.5 Å². The fourth-order valence-corrected chi connectivity index (χ4v) is 5.73. The van der Waals surface area contributed by atoms with Crippen LogP contribution in [0.3, 0.4) is 0 Å². The molecule has 1 aromatic heterocycles. The van der Waals surface area contributed by atoms with Gasteiger partial charge < -0.3 is 69.0 Å². The number of phenols is 3. The molecular weight excluding hydrogens is 688 g/mol. The third kappa shape index (κ3) is 7.59. The molecule has 4 aromatic rings. The second kappa shape index (κ2) is 15.3. The Morgan fingerprint density at radius 1 is 0.808 bits per heavy atom. The first-order chi connectivity index (χ1) is 24.8. The molecule has 0 aliphatic carbocycles. The minimum Gasteiger partial charge on any atom is -0.508 e. The third-order valence-corrected chi connectivity index (χ3v) is 8.67. The Kier molecular flexibility index (Phi) is 10.8. The number of benzene rings is 3. The van der Waals surface area contributed by atoms with E-state index in [1.54, 1.807) is 24.3 Å². The average molecular weight is 725 g/mol. The molecule has 8 N–H and O–H groups in total. The highest BCUT2D eigenvalue weighted by Gasteiger charge is 2.51. The summed E-state index contributed by atoms with van der Waals surface area (Å²) in [5, 5.41) is 83.5. The molecule has 3 heterocycles. The molecule has 2 unspecified atom stereocenters. The van der Waals surface area contributed by atoms with E-state index in [0.717, 1.165) is 18.2 Å². The largest absolute Gasteiger partial charge is 0.508 e. The Bertz CT molecular complexity index is 1980. The van der Waals surface area contributed by atoms with Crippen LogP contribution in [0.25, 0.3) is 28.4 Å². The van der Waals surface area contributed by atoms with Crippen LogP contribution in [0.5, 0.6) is 23.0 Å². The second-order valence-electron chi connectivity index (χ2n) is 12.3. The topological polar surface area (TPSA) is 255 Å². The maximum atomic E-state index is 13.8. The van der Waals surface area contributed by atoms with Crippen molar-refractivity contribution in [1.29, 1.82) is 0 Å². The molecule has 52 heavy (non-hydrogen) atoms. The first-order valence-corrected chi connectivity index (χ1v) is 16.1. The number of ether oxygens (including phenoxy) is 5. The van der Waals surface area contributed by atoms with Crippen molar-refractivity contribution in [2.24, 2.45) is 0 Å². The molecule has 2 fully saturated rings. The molecule has 0 radical (unpaired) electrons. The lowest BCUT2D eigenvalue weighted by molar-refractivity contribution is -0.355. The van der Waals surface area contributed by atoms with E-state index in [1.165, 1.54) is 43.3 Å². The number of aliphatic hydroxyl groups excluding tert-OH is 5. The number of hydrogen-bond acceptors (Lipinski definition) is 16. The van der Waals surface area contributed by atoms with E-state index < -0.39 is 96.7 Å². The van der Waals surface area contributed by atoms with Gasteiger partial charge >= 0.3 is 5.97 Å². The average Bonchev–Trinajstić information content (AvgIpc) is 3.13. The van der Waals surface area contributed by atoms with Crippen LogP contribution in [0, 0.1) is 0 Å². The highest BCUT2D eigenvalue weighted by molar-refractivity contribution is 5.87. The van der Waals surface area contributed by atoms with Crippen LogP contribution < -0.4 is 10.2 Å². The van der Waals surface area contributed by atoms with Gasteiger partial charge in [0.25, 0.3) is 0 Å². The van der Waals surface area contributed by atoms with E-state index in [2.05, 4.69) is 0 Å². The standard InChI is InChI=1S/C36H36O16/c1-16-26(41)30(45)34(52-35-31(46)29(44)28(43)24(50-35)15-47-25(40)13-8-17-6-10-19(37)11-7-17)36(48-16)51-33-27(42)20-4-2-3-5-23(20)49-32(33)18-9-12-21(38)22(39)14-18/h2-14,16,24,26,28-31,34-39,41,43-46H,15H2,1H3/b13-8+/t16-,24+,26-,28+,29-,30+,31+,34+,35?,36?/m0/s1. The molecule has 2 aliphatic rings. The lowest BCUT2D eigenvalue weighted by atomic mass is 9.97. The highest BCUT2D eigenvalue weighted by atomic mass is 16.8. The van der Waals surface area contributed by atoms with Crippen LogP contribution in [0.4, 0.5) is 0 Å². The number of carbonyl (C=O) groups excluding carboxylic acids is 1. The number of aromatic hydroxyl groups is 3. The van der Waals surface area contributed by atoms with E-state index in [1.807, 2.05) is 0 Å². The molecular formula is C36H36O16. The van der Waals surface area contributed by atoms with Crippen molar-refractivity contribution in [3.05, 3.63) is 88.6 Å². The summed E-state index contributed by atoms with van der Waals surface area (Å²) < 4.78 is 34.6. The Balaban J connectivity index is 1.25. The number of phenolic OH excluding ortho intramolecular Hbond substituents is 3. The molecule has 16 nitrogen and oxygen atoms in total. The fraction of sp³-hybridized carbons (Fsp3) is 0.333. The Morgan fingerprint density at radius 3 is 2.27 bits per heavy atom. The van der Waals surface area contributed by atoms with Crippen molar-refractivity contribution in [3.63, 3.8) is 0 Å². The Labute approximate surface area is 294 Å². The van der Waals surface area contributed by atoms with Crippen LogP contribution in [-0.2, 0) is 23.7 Å². The normalized spacial score (nSPS) is 29.3. The minimum absolute atomic E-state index is 0.0363. The summed E-state index contributed by atoms with van der Waals surface area (Å²) in [6, 6.07) is 15.8. The van der Waals surface area contributed by atoms with Gasteiger partial charge in [-0.3, -0.25) is 4.79 Å². The molecule has 0 spiro atoms. The zero-order valence-corrected chi connectivity index (χ0v) is 27.3. The molecule has 10 atom stereocenters. The van der Waals surface area contributed by atoms with E-state index >= 15 is 0 Å². The number of hydrogen-bond donors (Lipinski definition) is 8. The fourth-order valence-electron chi connectivity index (χ4n) is 5.73. The van der Waals surface area contributed by atoms with Crippen molar-refractivity contribution in [1.82, 2.24) is 0 Å². The summed E-state index contributed by atoms with van der Waals surface area (Å²) in [7, 11) is 0. The van der Waals surface area contributed by atoms with Crippen molar-refractivity contribution in [3.8, 4) is 34.3 Å². The first-order valence-electron chi connectivity index (χ1n) is 16.1. The summed E-state index contributed by atoms with van der Waals surface area (Å²) in [6.45, 7) is 0.794. The van der Waals surface area contributed by atoms with E-state index in [0.29, 0.717) is 5.56 Å². The van der Waals surface area contributed by atoms with E-state index in [-0.39, 0.29) is 28.0 Å². The predicted molar refractivity (Wildman–Crippen MR) is 178 cm³/mol. The third-order valence-electron chi connectivity index (χ3n) is 8.67. The van der Waals surface area contributed by atoms with Crippen molar-refractivity contribution >= 4 is 23.0 Å². The maximum absolute atomic E-state index is 13.8. The summed E-state index contributed by atoms with van der Waals surface area (Å²) in [5.74, 6) is -2.46. The van der Waals surface area contributed by atoms with Crippen LogP contribution >= 0.6 is 0 Å². The van der Waals surface area contributed by atoms with Crippen LogP contribution in [0.15, 0.2) is 82.0 Å². The lowest BCUT2D eigenvalue weighted by Crippen LogP contribution is -2.64. The Morgan fingerprint density at radius 2 is 1.54 bits per heavy atom. The number of carbonyl (C=O) groups is 1. The summed E-state index contributed by atoms with van der Waals surface area (Å²) in [6.07, 6.45) is -14.4. The molecule has 0 amide bonds. The SMILES string of the molecule is C[C@@H]1OC(Oc2c(-c3ccc(O)c(O)c3)oc3ccccc3c2=O)[C@H](OC2O[C@H](COC(=O)/C=C/c3ccc(O)cc3)[C@@H](O)[C@H](O)[C@H]2O)[C@H](O)[C@H]1O. The summed E-state index contributed by atoms with van der Waals surface area (Å²) in [5.41, 5.74) is 0.131. The van der Waals surface area contributed by atoms with Gasteiger partial charge in [-0.15, -0.1) is 0 Å². The summed E-state index contributed by atoms with van der Waals surface area (Å²) >= 11 is 0. The van der Waals surface area contributed by atoms with Crippen molar-refractivity contribution in [2.45, 2.75) is 68.3 Å².